The molecule has 1 aliphatic rings. The van der Waals surface area contributed by atoms with Crippen molar-refractivity contribution in [2.45, 2.75) is 38.8 Å². The molecule has 16 heavy (non-hydrogen) atoms. The zero-order valence-electron chi connectivity index (χ0n) is 10.4. The van der Waals surface area contributed by atoms with Crippen LogP contribution in [0.2, 0.25) is 0 Å². The summed E-state index contributed by atoms with van der Waals surface area (Å²) in [5.41, 5.74) is 8.98. The van der Waals surface area contributed by atoms with Gasteiger partial charge in [-0.2, -0.15) is 0 Å². The van der Waals surface area contributed by atoms with Gasteiger partial charge in [0.2, 0.25) is 0 Å². The van der Waals surface area contributed by atoms with Crippen molar-refractivity contribution in [2.24, 2.45) is 5.73 Å². The quantitative estimate of drug-likeness (QED) is 0.842. The second kappa shape index (κ2) is 4.56. The van der Waals surface area contributed by atoms with Crippen LogP contribution >= 0.6 is 0 Å². The highest BCUT2D eigenvalue weighted by Crippen LogP contribution is 2.19. The lowest BCUT2D eigenvalue weighted by molar-refractivity contribution is 0.231. The third-order valence-electron chi connectivity index (χ3n) is 3.28. The van der Waals surface area contributed by atoms with Crippen LogP contribution in [-0.2, 0) is 13.0 Å². The summed E-state index contributed by atoms with van der Waals surface area (Å²) in [7, 11) is 0. The second-order valence-corrected chi connectivity index (χ2v) is 5.53. The molecular weight excluding hydrogens is 196 g/mol. The van der Waals surface area contributed by atoms with Crippen LogP contribution in [0.3, 0.4) is 0 Å². The Morgan fingerprint density at radius 3 is 2.62 bits per heavy atom. The third kappa shape index (κ3) is 3.06. The summed E-state index contributed by atoms with van der Waals surface area (Å²) in [5.74, 6) is 0. The molecule has 1 heterocycles. The van der Waals surface area contributed by atoms with Gasteiger partial charge in [-0.25, -0.2) is 0 Å². The molecule has 88 valence electrons. The number of rotatable bonds is 3. The van der Waals surface area contributed by atoms with Crippen molar-refractivity contribution >= 4 is 0 Å². The molecule has 0 radical (unpaired) electrons. The van der Waals surface area contributed by atoms with E-state index in [1.807, 2.05) is 0 Å². The predicted molar refractivity (Wildman–Crippen MR) is 68.3 cm³/mol. The van der Waals surface area contributed by atoms with Crippen LogP contribution in [0.1, 0.15) is 31.4 Å². The van der Waals surface area contributed by atoms with E-state index in [0.29, 0.717) is 0 Å². The highest BCUT2D eigenvalue weighted by molar-refractivity contribution is 5.28. The molecule has 1 aliphatic heterocycles. The van der Waals surface area contributed by atoms with Crippen LogP contribution < -0.4 is 5.73 Å². The Morgan fingerprint density at radius 2 is 1.94 bits per heavy atom. The maximum absolute atomic E-state index is 6.02. The van der Waals surface area contributed by atoms with Crippen LogP contribution in [0.15, 0.2) is 24.3 Å². The number of hydrogen-bond donors (Lipinski definition) is 1. The van der Waals surface area contributed by atoms with E-state index in [-0.39, 0.29) is 5.54 Å². The Kier molecular flexibility index (Phi) is 3.31. The Labute approximate surface area is 98.4 Å². The number of benzene rings is 1. The molecule has 0 aliphatic carbocycles. The number of nitrogens with zero attached hydrogens (tertiary/aromatic N) is 1. The summed E-state index contributed by atoms with van der Waals surface area (Å²) < 4.78 is 0. The molecule has 2 heteroatoms. The summed E-state index contributed by atoms with van der Waals surface area (Å²) >= 11 is 0. The van der Waals surface area contributed by atoms with E-state index < -0.39 is 0 Å². The van der Waals surface area contributed by atoms with Gasteiger partial charge in [0.1, 0.15) is 0 Å². The third-order valence-corrected chi connectivity index (χ3v) is 3.28. The molecule has 2 N–H and O–H groups in total. The van der Waals surface area contributed by atoms with Crippen molar-refractivity contribution in [3.63, 3.8) is 0 Å². The molecule has 0 saturated carbocycles. The summed E-state index contributed by atoms with van der Waals surface area (Å²) in [5, 5.41) is 0. The first kappa shape index (κ1) is 11.6. The standard InChI is InChI=1S/C14H22N2/c1-14(2,15)8-10-16-9-7-12-5-3-4-6-13(12)11-16/h3-6H,7-11,15H2,1-2H3. The molecule has 0 atom stereocenters. The minimum Gasteiger partial charge on any atom is -0.326 e. The van der Waals surface area contributed by atoms with E-state index in [1.165, 1.54) is 24.1 Å². The molecule has 0 unspecified atom stereocenters. The predicted octanol–water partition coefficient (Wildman–Crippen LogP) is 2.17. The van der Waals surface area contributed by atoms with Gasteiger partial charge in [0.25, 0.3) is 0 Å². The number of hydrogen-bond acceptors (Lipinski definition) is 2. The topological polar surface area (TPSA) is 29.3 Å². The van der Waals surface area contributed by atoms with Crippen molar-refractivity contribution in [2.75, 3.05) is 13.1 Å². The minimum atomic E-state index is -0.0447. The Balaban J connectivity index is 1.93. The first-order valence-corrected chi connectivity index (χ1v) is 6.13. The van der Waals surface area contributed by atoms with Crippen LogP contribution in [0.25, 0.3) is 0 Å². The molecule has 0 saturated heterocycles. The van der Waals surface area contributed by atoms with Gasteiger partial charge in [-0.3, -0.25) is 4.90 Å². The lowest BCUT2D eigenvalue weighted by Gasteiger charge is -2.31. The molecule has 0 aromatic heterocycles. The minimum absolute atomic E-state index is 0.0447. The fourth-order valence-electron chi connectivity index (χ4n) is 2.19. The SMILES string of the molecule is CC(C)(N)CCN1CCc2ccccc2C1. The van der Waals surface area contributed by atoms with Gasteiger partial charge in [-0.1, -0.05) is 24.3 Å². The monoisotopic (exact) mass is 218 g/mol. The highest BCUT2D eigenvalue weighted by atomic mass is 15.1. The van der Waals surface area contributed by atoms with Crippen molar-refractivity contribution < 1.29 is 0 Å². The van der Waals surface area contributed by atoms with Gasteiger partial charge in [0.15, 0.2) is 0 Å². The van der Waals surface area contributed by atoms with Gasteiger partial charge >= 0.3 is 0 Å². The molecule has 1 aromatic carbocycles. The maximum atomic E-state index is 6.02. The van der Waals surface area contributed by atoms with E-state index in [2.05, 4.69) is 43.0 Å². The molecular formula is C14H22N2. The summed E-state index contributed by atoms with van der Waals surface area (Å²) in [6.07, 6.45) is 2.25. The molecule has 0 bridgehead atoms. The zero-order chi connectivity index (χ0) is 11.6. The van der Waals surface area contributed by atoms with Gasteiger partial charge in [-0.05, 0) is 37.8 Å². The second-order valence-electron chi connectivity index (χ2n) is 5.53. The van der Waals surface area contributed by atoms with E-state index in [0.717, 1.165) is 19.5 Å². The van der Waals surface area contributed by atoms with Gasteiger partial charge in [0.05, 0.1) is 0 Å². The molecule has 2 nitrogen and oxygen atoms in total. The zero-order valence-corrected chi connectivity index (χ0v) is 10.4. The van der Waals surface area contributed by atoms with Crippen LogP contribution in [0, 0.1) is 0 Å². The average molecular weight is 218 g/mol. The van der Waals surface area contributed by atoms with Gasteiger partial charge in [0, 0.05) is 25.2 Å². The van der Waals surface area contributed by atoms with E-state index in [4.69, 9.17) is 5.73 Å². The van der Waals surface area contributed by atoms with E-state index >= 15 is 0 Å². The fourth-order valence-corrected chi connectivity index (χ4v) is 2.19. The Hall–Kier alpha value is -0.860. The maximum Gasteiger partial charge on any atom is 0.0236 e. The van der Waals surface area contributed by atoms with Crippen LogP contribution in [-0.4, -0.2) is 23.5 Å². The largest absolute Gasteiger partial charge is 0.326 e. The van der Waals surface area contributed by atoms with Crippen molar-refractivity contribution in [1.29, 1.82) is 0 Å². The summed E-state index contributed by atoms with van der Waals surface area (Å²) in [6.45, 7) is 7.58. The highest BCUT2D eigenvalue weighted by Gasteiger charge is 2.18. The first-order valence-electron chi connectivity index (χ1n) is 6.13. The van der Waals surface area contributed by atoms with Gasteiger partial charge in [-0.15, -0.1) is 0 Å². The lowest BCUT2D eigenvalue weighted by Crippen LogP contribution is -2.39. The Morgan fingerprint density at radius 1 is 1.25 bits per heavy atom. The van der Waals surface area contributed by atoms with Crippen LogP contribution in [0.5, 0.6) is 0 Å². The van der Waals surface area contributed by atoms with Crippen LogP contribution in [0.4, 0.5) is 0 Å². The van der Waals surface area contributed by atoms with Crippen molar-refractivity contribution in [3.8, 4) is 0 Å². The summed E-state index contributed by atoms with van der Waals surface area (Å²) in [6, 6.07) is 8.77. The summed E-state index contributed by atoms with van der Waals surface area (Å²) in [4.78, 5) is 2.51. The van der Waals surface area contributed by atoms with Crippen molar-refractivity contribution in [3.05, 3.63) is 35.4 Å². The molecule has 0 amide bonds. The van der Waals surface area contributed by atoms with Gasteiger partial charge < -0.3 is 5.73 Å². The molecule has 1 aromatic rings. The molecule has 2 rings (SSSR count). The average Bonchev–Trinajstić information content (AvgIpc) is 2.25. The van der Waals surface area contributed by atoms with Crippen molar-refractivity contribution in [1.82, 2.24) is 4.90 Å². The number of nitrogens with two attached hydrogens (primary N) is 1. The molecule has 0 spiro atoms. The lowest BCUT2D eigenvalue weighted by atomic mass is 9.98. The van der Waals surface area contributed by atoms with E-state index in [9.17, 15) is 0 Å². The normalized spacial score (nSPS) is 17.2. The Bertz CT molecular complexity index is 352. The fraction of sp³-hybridized carbons (Fsp3) is 0.571. The molecule has 0 fully saturated rings. The van der Waals surface area contributed by atoms with E-state index in [1.54, 1.807) is 0 Å². The number of fused-ring (bicyclic) bond motifs is 1. The first-order chi connectivity index (χ1) is 7.54. The smallest absolute Gasteiger partial charge is 0.0236 e.